The lowest BCUT2D eigenvalue weighted by Crippen LogP contribution is -2.60. The summed E-state index contributed by atoms with van der Waals surface area (Å²) in [5.41, 5.74) is -0.187. The van der Waals surface area contributed by atoms with Crippen molar-refractivity contribution in [2.75, 3.05) is 29.5 Å². The average Bonchev–Trinajstić information content (AvgIpc) is 2.54. The zero-order chi connectivity index (χ0) is 20.4. The standard InChI is InChI=1S/C18H25ClN2O5S/c1-5-27(24,25)12-15-10-20(14-8-6-7-13(19)9-14)16(22)11-21(15)17(23)26-18(2,3)4/h6-9,15H,5,10-12H2,1-4H3/t15-/m0/s1. The first kappa shape index (κ1) is 21.5. The lowest BCUT2D eigenvalue weighted by Gasteiger charge is -2.41. The average molecular weight is 417 g/mol. The van der Waals surface area contributed by atoms with E-state index < -0.39 is 27.6 Å². The molecule has 0 aromatic heterocycles. The van der Waals surface area contributed by atoms with Crippen molar-refractivity contribution in [1.82, 2.24) is 4.90 Å². The molecule has 0 aliphatic carbocycles. The minimum Gasteiger partial charge on any atom is -0.444 e. The highest BCUT2D eigenvalue weighted by atomic mass is 35.5. The Balaban J connectivity index is 2.33. The van der Waals surface area contributed by atoms with E-state index in [0.717, 1.165) is 0 Å². The molecule has 1 aliphatic heterocycles. The van der Waals surface area contributed by atoms with Crippen molar-refractivity contribution in [1.29, 1.82) is 0 Å². The molecule has 1 fully saturated rings. The molecule has 0 radical (unpaired) electrons. The monoisotopic (exact) mass is 416 g/mol. The minimum atomic E-state index is -3.37. The van der Waals surface area contributed by atoms with Crippen LogP contribution in [-0.2, 0) is 19.4 Å². The van der Waals surface area contributed by atoms with E-state index in [1.807, 2.05) is 0 Å². The quantitative estimate of drug-likeness (QED) is 0.753. The van der Waals surface area contributed by atoms with Gasteiger partial charge in [-0.3, -0.25) is 9.69 Å². The zero-order valence-corrected chi connectivity index (χ0v) is 17.5. The highest BCUT2D eigenvalue weighted by Gasteiger charge is 2.39. The van der Waals surface area contributed by atoms with Gasteiger partial charge in [0.1, 0.15) is 12.1 Å². The third kappa shape index (κ3) is 5.84. The Labute approximate surface area is 165 Å². The lowest BCUT2D eigenvalue weighted by atomic mass is 10.1. The van der Waals surface area contributed by atoms with Gasteiger partial charge in [-0.15, -0.1) is 0 Å². The Morgan fingerprint density at radius 1 is 1.33 bits per heavy atom. The molecule has 7 nitrogen and oxygen atoms in total. The molecule has 9 heteroatoms. The number of nitrogens with zero attached hydrogens (tertiary/aromatic N) is 2. The second kappa shape index (κ2) is 8.06. The molecule has 1 aromatic carbocycles. The van der Waals surface area contributed by atoms with Crippen molar-refractivity contribution >= 4 is 39.1 Å². The largest absolute Gasteiger partial charge is 0.444 e. The van der Waals surface area contributed by atoms with E-state index in [1.165, 1.54) is 9.80 Å². The van der Waals surface area contributed by atoms with Crippen LogP contribution in [0.4, 0.5) is 10.5 Å². The van der Waals surface area contributed by atoms with Crippen LogP contribution in [0.3, 0.4) is 0 Å². The van der Waals surface area contributed by atoms with Gasteiger partial charge in [-0.05, 0) is 39.0 Å². The van der Waals surface area contributed by atoms with E-state index in [1.54, 1.807) is 52.0 Å². The summed E-state index contributed by atoms with van der Waals surface area (Å²) in [7, 11) is -3.37. The summed E-state index contributed by atoms with van der Waals surface area (Å²) in [4.78, 5) is 27.9. The summed E-state index contributed by atoms with van der Waals surface area (Å²) < 4.78 is 29.8. The van der Waals surface area contributed by atoms with Crippen LogP contribution in [0.2, 0.25) is 5.02 Å². The topological polar surface area (TPSA) is 84.0 Å². The Kier molecular flexibility index (Phi) is 6.42. The maximum atomic E-state index is 12.7. The Morgan fingerprint density at radius 2 is 2.00 bits per heavy atom. The number of piperazine rings is 1. The molecule has 2 amide bonds. The van der Waals surface area contributed by atoms with Gasteiger partial charge >= 0.3 is 6.09 Å². The number of halogens is 1. The van der Waals surface area contributed by atoms with Gasteiger partial charge < -0.3 is 9.64 Å². The van der Waals surface area contributed by atoms with Gasteiger partial charge in [0.15, 0.2) is 9.84 Å². The van der Waals surface area contributed by atoms with E-state index in [0.29, 0.717) is 10.7 Å². The molecule has 1 heterocycles. The van der Waals surface area contributed by atoms with E-state index in [2.05, 4.69) is 0 Å². The summed E-state index contributed by atoms with van der Waals surface area (Å²) in [6.07, 6.45) is -0.696. The number of hydrogen-bond acceptors (Lipinski definition) is 5. The SMILES string of the molecule is CCS(=O)(=O)C[C@@H]1CN(c2cccc(Cl)c2)C(=O)CN1C(=O)OC(C)(C)C. The Morgan fingerprint density at radius 3 is 2.56 bits per heavy atom. The lowest BCUT2D eigenvalue weighted by molar-refractivity contribution is -0.122. The van der Waals surface area contributed by atoms with E-state index >= 15 is 0 Å². The molecule has 0 bridgehead atoms. The minimum absolute atomic E-state index is 0.0449. The molecule has 0 spiro atoms. The molecule has 27 heavy (non-hydrogen) atoms. The fourth-order valence-corrected chi connectivity index (χ4v) is 4.04. The third-order valence-electron chi connectivity index (χ3n) is 4.07. The van der Waals surface area contributed by atoms with Gasteiger partial charge in [0, 0.05) is 23.0 Å². The van der Waals surface area contributed by atoms with Crippen LogP contribution < -0.4 is 4.90 Å². The second-order valence-electron chi connectivity index (χ2n) is 7.45. The van der Waals surface area contributed by atoms with Crippen LogP contribution in [0.5, 0.6) is 0 Å². The molecular weight excluding hydrogens is 392 g/mol. The maximum absolute atomic E-state index is 12.7. The van der Waals surface area contributed by atoms with Gasteiger partial charge in [-0.25, -0.2) is 13.2 Å². The smallest absolute Gasteiger partial charge is 0.411 e. The van der Waals surface area contributed by atoms with Crippen molar-refractivity contribution in [2.24, 2.45) is 0 Å². The van der Waals surface area contributed by atoms with Gasteiger partial charge in [0.05, 0.1) is 11.8 Å². The Hall–Kier alpha value is -1.80. The molecule has 150 valence electrons. The Bertz CT molecular complexity index is 819. The number of rotatable bonds is 4. The van der Waals surface area contributed by atoms with Gasteiger partial charge in [-0.1, -0.05) is 24.6 Å². The van der Waals surface area contributed by atoms with Gasteiger partial charge in [-0.2, -0.15) is 0 Å². The van der Waals surface area contributed by atoms with Crippen molar-refractivity contribution in [3.8, 4) is 0 Å². The molecule has 0 N–H and O–H groups in total. The van der Waals surface area contributed by atoms with Crippen molar-refractivity contribution < 1.29 is 22.7 Å². The van der Waals surface area contributed by atoms with E-state index in [4.69, 9.17) is 16.3 Å². The number of sulfone groups is 1. The number of benzene rings is 1. The molecule has 1 saturated heterocycles. The molecule has 2 rings (SSSR count). The van der Waals surface area contributed by atoms with Crippen LogP contribution >= 0.6 is 11.6 Å². The van der Waals surface area contributed by atoms with Crippen LogP contribution in [0.25, 0.3) is 0 Å². The summed E-state index contributed by atoms with van der Waals surface area (Å²) >= 11 is 6.01. The number of carbonyl (C=O) groups is 2. The molecule has 1 aliphatic rings. The predicted molar refractivity (Wildman–Crippen MR) is 105 cm³/mol. The third-order valence-corrected chi connectivity index (χ3v) is 6.08. The van der Waals surface area contributed by atoms with Crippen LogP contribution in [-0.4, -0.2) is 61.6 Å². The molecule has 1 aromatic rings. The summed E-state index contributed by atoms with van der Waals surface area (Å²) in [6, 6.07) is 6.04. The van der Waals surface area contributed by atoms with Crippen LogP contribution in [0.15, 0.2) is 24.3 Å². The summed E-state index contributed by atoms with van der Waals surface area (Å²) in [5.74, 6) is -0.614. The fraction of sp³-hybridized carbons (Fsp3) is 0.556. The number of anilines is 1. The highest BCUT2D eigenvalue weighted by molar-refractivity contribution is 7.91. The molecular formula is C18H25ClN2O5S. The normalized spacial score (nSPS) is 18.6. The number of amides is 2. The number of ether oxygens (including phenoxy) is 1. The van der Waals surface area contributed by atoms with E-state index in [-0.39, 0.29) is 30.5 Å². The first-order valence-electron chi connectivity index (χ1n) is 8.68. The van der Waals surface area contributed by atoms with Crippen molar-refractivity contribution in [3.05, 3.63) is 29.3 Å². The van der Waals surface area contributed by atoms with Crippen molar-refractivity contribution in [2.45, 2.75) is 39.3 Å². The first-order chi connectivity index (χ1) is 12.4. The van der Waals surface area contributed by atoms with Gasteiger partial charge in [0.2, 0.25) is 5.91 Å². The fourth-order valence-electron chi connectivity index (χ4n) is 2.75. The summed E-state index contributed by atoms with van der Waals surface area (Å²) in [6.45, 7) is 6.49. The number of carbonyl (C=O) groups excluding carboxylic acids is 2. The van der Waals surface area contributed by atoms with Crippen LogP contribution in [0.1, 0.15) is 27.7 Å². The van der Waals surface area contributed by atoms with Gasteiger partial charge in [0.25, 0.3) is 0 Å². The predicted octanol–water partition coefficient (Wildman–Crippen LogP) is 2.73. The summed E-state index contributed by atoms with van der Waals surface area (Å²) in [5, 5.41) is 0.465. The highest BCUT2D eigenvalue weighted by Crippen LogP contribution is 2.25. The first-order valence-corrected chi connectivity index (χ1v) is 10.9. The second-order valence-corrected chi connectivity index (χ2v) is 10.3. The molecule has 1 atom stereocenters. The maximum Gasteiger partial charge on any atom is 0.411 e. The van der Waals surface area contributed by atoms with E-state index in [9.17, 15) is 18.0 Å². The number of hydrogen-bond donors (Lipinski definition) is 0. The van der Waals surface area contributed by atoms with Crippen molar-refractivity contribution in [3.63, 3.8) is 0 Å². The zero-order valence-electron chi connectivity index (χ0n) is 15.9. The molecule has 0 unspecified atom stereocenters. The molecule has 0 saturated carbocycles. The van der Waals surface area contributed by atoms with Crippen LogP contribution in [0, 0.1) is 0 Å².